The number of rotatable bonds is 6. The van der Waals surface area contributed by atoms with Gasteiger partial charge in [0.2, 0.25) is 0 Å². The number of anilines is 2. The van der Waals surface area contributed by atoms with Crippen LogP contribution in [-0.2, 0) is 9.47 Å². The third kappa shape index (κ3) is 3.70. The van der Waals surface area contributed by atoms with Gasteiger partial charge in [0.05, 0.1) is 18.0 Å². The van der Waals surface area contributed by atoms with Gasteiger partial charge in [0.1, 0.15) is 5.60 Å². The van der Waals surface area contributed by atoms with E-state index in [2.05, 4.69) is 10.1 Å². The average molecular weight is 306 g/mol. The third-order valence-corrected chi connectivity index (χ3v) is 3.42. The summed E-state index contributed by atoms with van der Waals surface area (Å²) in [6.07, 6.45) is 0.692. The molecule has 1 heterocycles. The van der Waals surface area contributed by atoms with Crippen LogP contribution in [0.4, 0.5) is 24.5 Å². The van der Waals surface area contributed by atoms with Crippen LogP contribution < -0.4 is 15.8 Å². The molecule has 0 bridgehead atoms. The lowest BCUT2D eigenvalue weighted by Gasteiger charge is -2.27. The van der Waals surface area contributed by atoms with Gasteiger partial charge in [-0.25, -0.2) is 4.39 Å². The third-order valence-electron chi connectivity index (χ3n) is 3.42. The molecule has 118 valence electrons. The van der Waals surface area contributed by atoms with Crippen LogP contribution in [0.2, 0.25) is 0 Å². The number of hydrogen-bond donors (Lipinski definition) is 2. The fraction of sp³-hybridized carbons (Fsp3) is 0.538. The molecule has 3 N–H and O–H groups in total. The molecule has 0 amide bonds. The molecule has 1 saturated heterocycles. The van der Waals surface area contributed by atoms with Crippen molar-refractivity contribution in [1.82, 2.24) is 0 Å². The summed E-state index contributed by atoms with van der Waals surface area (Å²) in [5.41, 5.74) is 5.56. The summed E-state index contributed by atoms with van der Waals surface area (Å²) < 4.78 is 52.7. The van der Waals surface area contributed by atoms with Crippen LogP contribution in [-0.4, -0.2) is 39.1 Å². The van der Waals surface area contributed by atoms with Crippen LogP contribution in [0.1, 0.15) is 6.42 Å². The number of nitrogens with one attached hydrogen (secondary N) is 1. The Morgan fingerprint density at radius 3 is 2.81 bits per heavy atom. The van der Waals surface area contributed by atoms with Gasteiger partial charge in [-0.2, -0.15) is 8.78 Å². The van der Waals surface area contributed by atoms with Crippen molar-refractivity contribution in [1.29, 1.82) is 0 Å². The van der Waals surface area contributed by atoms with Crippen molar-refractivity contribution in [3.05, 3.63) is 17.9 Å². The van der Waals surface area contributed by atoms with Gasteiger partial charge in [-0.05, 0) is 0 Å². The molecule has 1 unspecified atom stereocenters. The number of halogens is 3. The first-order chi connectivity index (χ1) is 9.96. The topological polar surface area (TPSA) is 65.7 Å². The van der Waals surface area contributed by atoms with Crippen molar-refractivity contribution in [2.75, 3.05) is 37.9 Å². The first kappa shape index (κ1) is 15.7. The largest absolute Gasteiger partial charge is 0.432 e. The molecule has 2 rings (SSSR count). The van der Waals surface area contributed by atoms with Gasteiger partial charge in [0.25, 0.3) is 0 Å². The summed E-state index contributed by atoms with van der Waals surface area (Å²) in [5.74, 6) is -1.50. The quantitative estimate of drug-likeness (QED) is 0.789. The highest BCUT2D eigenvalue weighted by molar-refractivity contribution is 5.68. The molecule has 21 heavy (non-hydrogen) atoms. The van der Waals surface area contributed by atoms with Gasteiger partial charge >= 0.3 is 6.61 Å². The highest BCUT2D eigenvalue weighted by Crippen LogP contribution is 2.31. The zero-order valence-electron chi connectivity index (χ0n) is 11.5. The van der Waals surface area contributed by atoms with E-state index in [4.69, 9.17) is 15.2 Å². The lowest BCUT2D eigenvalue weighted by molar-refractivity contribution is -0.0521. The number of ether oxygens (including phenoxy) is 3. The van der Waals surface area contributed by atoms with E-state index in [1.807, 2.05) is 0 Å². The van der Waals surface area contributed by atoms with Crippen LogP contribution in [0.3, 0.4) is 0 Å². The van der Waals surface area contributed by atoms with E-state index in [0.717, 1.165) is 12.1 Å². The van der Waals surface area contributed by atoms with Crippen molar-refractivity contribution < 1.29 is 27.4 Å². The molecule has 0 radical (unpaired) electrons. The first-order valence-electron chi connectivity index (χ1n) is 6.36. The molecular weight excluding hydrogens is 289 g/mol. The Hall–Kier alpha value is -1.67. The Bertz CT molecular complexity index is 494. The molecule has 1 atom stereocenters. The average Bonchev–Trinajstić information content (AvgIpc) is 2.89. The van der Waals surface area contributed by atoms with E-state index in [9.17, 15) is 13.2 Å². The Morgan fingerprint density at radius 2 is 2.24 bits per heavy atom. The van der Waals surface area contributed by atoms with E-state index < -0.39 is 23.8 Å². The standard InChI is InChI=1S/C13H17F3N2O3/c1-19-13(2-3-20-7-13)6-18-10-5-11(21-12(15)16)8(14)4-9(10)17/h4-5,12,18H,2-3,6-7,17H2,1H3. The highest BCUT2D eigenvalue weighted by Gasteiger charge is 2.34. The lowest BCUT2D eigenvalue weighted by Crippen LogP contribution is -2.39. The number of nitrogens with two attached hydrogens (primary N) is 1. The van der Waals surface area contributed by atoms with Crippen LogP contribution in [0.15, 0.2) is 12.1 Å². The molecule has 0 spiro atoms. The number of methoxy groups -OCH3 is 1. The van der Waals surface area contributed by atoms with Crippen molar-refractivity contribution in [2.45, 2.75) is 18.6 Å². The van der Waals surface area contributed by atoms with E-state index in [1.54, 1.807) is 7.11 Å². The molecule has 0 saturated carbocycles. The zero-order valence-corrected chi connectivity index (χ0v) is 11.5. The molecule has 1 aromatic rings. The molecule has 8 heteroatoms. The number of benzene rings is 1. The van der Waals surface area contributed by atoms with Gasteiger partial charge in [-0.1, -0.05) is 0 Å². The Kier molecular flexibility index (Phi) is 4.79. The predicted molar refractivity (Wildman–Crippen MR) is 71.1 cm³/mol. The maximum Gasteiger partial charge on any atom is 0.387 e. The fourth-order valence-corrected chi connectivity index (χ4v) is 2.13. The van der Waals surface area contributed by atoms with Crippen molar-refractivity contribution in [3.63, 3.8) is 0 Å². The summed E-state index contributed by atoms with van der Waals surface area (Å²) in [7, 11) is 1.57. The van der Waals surface area contributed by atoms with Crippen molar-refractivity contribution in [3.8, 4) is 5.75 Å². The van der Waals surface area contributed by atoms with Gasteiger partial charge in [-0.15, -0.1) is 0 Å². The number of nitrogen functional groups attached to an aromatic ring is 1. The Labute approximate surface area is 120 Å². The van der Waals surface area contributed by atoms with Crippen molar-refractivity contribution >= 4 is 11.4 Å². The maximum atomic E-state index is 13.5. The number of alkyl halides is 2. The number of hydrogen-bond acceptors (Lipinski definition) is 5. The summed E-state index contributed by atoms with van der Waals surface area (Å²) in [6, 6.07) is 2.04. The minimum Gasteiger partial charge on any atom is -0.432 e. The van der Waals surface area contributed by atoms with E-state index in [0.29, 0.717) is 31.9 Å². The summed E-state index contributed by atoms with van der Waals surface area (Å²) >= 11 is 0. The minimum absolute atomic E-state index is 0.0966. The minimum atomic E-state index is -3.11. The van der Waals surface area contributed by atoms with Gasteiger partial charge in [0, 0.05) is 38.8 Å². The Morgan fingerprint density at radius 1 is 1.48 bits per heavy atom. The van der Waals surface area contributed by atoms with Gasteiger partial charge < -0.3 is 25.3 Å². The molecule has 1 aliphatic rings. The lowest BCUT2D eigenvalue weighted by atomic mass is 10.0. The normalized spacial score (nSPS) is 21.8. The first-order valence-corrected chi connectivity index (χ1v) is 6.36. The van der Waals surface area contributed by atoms with Gasteiger partial charge in [-0.3, -0.25) is 0 Å². The molecular formula is C13H17F3N2O3. The van der Waals surface area contributed by atoms with Crippen molar-refractivity contribution in [2.24, 2.45) is 0 Å². The van der Waals surface area contributed by atoms with Crippen LogP contribution >= 0.6 is 0 Å². The van der Waals surface area contributed by atoms with E-state index in [1.165, 1.54) is 0 Å². The summed E-state index contributed by atoms with van der Waals surface area (Å²) in [6.45, 7) is -1.76. The highest BCUT2D eigenvalue weighted by atomic mass is 19.3. The van der Waals surface area contributed by atoms with E-state index >= 15 is 0 Å². The Balaban J connectivity index is 2.12. The summed E-state index contributed by atoms with van der Waals surface area (Å²) in [5, 5.41) is 2.97. The zero-order chi connectivity index (χ0) is 15.5. The predicted octanol–water partition coefficient (Wildman–Crippen LogP) is 2.23. The fourth-order valence-electron chi connectivity index (χ4n) is 2.13. The van der Waals surface area contributed by atoms with Gasteiger partial charge in [0.15, 0.2) is 11.6 Å². The molecule has 0 aromatic heterocycles. The maximum absolute atomic E-state index is 13.5. The van der Waals surface area contributed by atoms with Crippen LogP contribution in [0.25, 0.3) is 0 Å². The molecule has 0 aliphatic carbocycles. The smallest absolute Gasteiger partial charge is 0.387 e. The SMILES string of the molecule is COC1(CNc2cc(OC(F)F)c(F)cc2N)CCOC1. The molecule has 5 nitrogen and oxygen atoms in total. The summed E-state index contributed by atoms with van der Waals surface area (Å²) in [4.78, 5) is 0. The van der Waals surface area contributed by atoms with E-state index in [-0.39, 0.29) is 5.69 Å². The van der Waals surface area contributed by atoms with Crippen LogP contribution in [0.5, 0.6) is 5.75 Å². The monoisotopic (exact) mass is 306 g/mol. The second-order valence-corrected chi connectivity index (χ2v) is 4.79. The molecule has 1 aromatic carbocycles. The molecule has 1 fully saturated rings. The second-order valence-electron chi connectivity index (χ2n) is 4.79. The molecule has 1 aliphatic heterocycles. The van der Waals surface area contributed by atoms with Crippen LogP contribution in [0, 0.1) is 5.82 Å². The second kappa shape index (κ2) is 6.40.